The highest BCUT2D eigenvalue weighted by molar-refractivity contribution is 6.00. The summed E-state index contributed by atoms with van der Waals surface area (Å²) in [4.78, 5) is 26.0. The Morgan fingerprint density at radius 3 is 3.00 bits per heavy atom. The first-order valence-electron chi connectivity index (χ1n) is 8.10. The number of anilines is 1. The summed E-state index contributed by atoms with van der Waals surface area (Å²) in [5, 5.41) is 2.88. The van der Waals surface area contributed by atoms with Gasteiger partial charge in [-0.3, -0.25) is 9.59 Å². The molecule has 124 valence electrons. The van der Waals surface area contributed by atoms with Gasteiger partial charge in [-0.1, -0.05) is 12.1 Å². The number of nitrogens with zero attached hydrogens (tertiary/aromatic N) is 1. The van der Waals surface area contributed by atoms with Crippen molar-refractivity contribution in [3.63, 3.8) is 0 Å². The summed E-state index contributed by atoms with van der Waals surface area (Å²) in [5.41, 5.74) is 0.725. The number of amides is 2. The SMILES string of the molecule is C[C@H]1Oc2ccccc2N(CCC(=O)NC[C@@H]2CCCO2)C1=O. The van der Waals surface area contributed by atoms with Gasteiger partial charge >= 0.3 is 0 Å². The van der Waals surface area contributed by atoms with E-state index < -0.39 is 6.10 Å². The topological polar surface area (TPSA) is 67.9 Å². The van der Waals surface area contributed by atoms with E-state index in [2.05, 4.69) is 5.32 Å². The average molecular weight is 318 g/mol. The van der Waals surface area contributed by atoms with Gasteiger partial charge in [0.2, 0.25) is 5.91 Å². The van der Waals surface area contributed by atoms with Crippen molar-refractivity contribution >= 4 is 17.5 Å². The second-order valence-corrected chi connectivity index (χ2v) is 5.91. The number of para-hydroxylation sites is 2. The molecule has 0 saturated carbocycles. The maximum absolute atomic E-state index is 12.3. The molecule has 1 aromatic rings. The molecule has 2 aliphatic rings. The van der Waals surface area contributed by atoms with Crippen molar-refractivity contribution in [1.29, 1.82) is 0 Å². The second kappa shape index (κ2) is 7.00. The number of ether oxygens (including phenoxy) is 2. The van der Waals surface area contributed by atoms with E-state index in [1.807, 2.05) is 24.3 Å². The van der Waals surface area contributed by atoms with Gasteiger partial charge in [0, 0.05) is 26.1 Å². The second-order valence-electron chi connectivity index (χ2n) is 5.91. The maximum atomic E-state index is 12.3. The van der Waals surface area contributed by atoms with Crippen LogP contribution in [0.1, 0.15) is 26.2 Å². The fraction of sp³-hybridized carbons (Fsp3) is 0.529. The summed E-state index contributed by atoms with van der Waals surface area (Å²) in [7, 11) is 0. The van der Waals surface area contributed by atoms with Crippen molar-refractivity contribution in [2.75, 3.05) is 24.6 Å². The van der Waals surface area contributed by atoms with Crippen LogP contribution in [0.3, 0.4) is 0 Å². The fourth-order valence-electron chi connectivity index (χ4n) is 2.92. The number of rotatable bonds is 5. The largest absolute Gasteiger partial charge is 0.479 e. The average Bonchev–Trinajstić information content (AvgIpc) is 3.07. The van der Waals surface area contributed by atoms with E-state index in [9.17, 15) is 9.59 Å². The van der Waals surface area contributed by atoms with Crippen LogP contribution >= 0.6 is 0 Å². The summed E-state index contributed by atoms with van der Waals surface area (Å²) < 4.78 is 11.1. The van der Waals surface area contributed by atoms with Gasteiger partial charge in [-0.25, -0.2) is 0 Å². The number of benzene rings is 1. The standard InChI is InChI=1S/C17H22N2O4/c1-12-17(21)19(14-6-2-3-7-15(14)23-12)9-8-16(20)18-11-13-5-4-10-22-13/h2-3,6-7,12-13H,4-5,8-11H2,1H3,(H,18,20)/t12-,13+/m1/s1. The molecule has 0 unspecified atom stereocenters. The van der Waals surface area contributed by atoms with E-state index in [-0.39, 0.29) is 24.3 Å². The van der Waals surface area contributed by atoms with Gasteiger partial charge in [0.15, 0.2) is 6.10 Å². The molecule has 0 aliphatic carbocycles. The van der Waals surface area contributed by atoms with Gasteiger partial charge < -0.3 is 19.7 Å². The lowest BCUT2D eigenvalue weighted by atomic mass is 10.1. The van der Waals surface area contributed by atoms with Crippen LogP contribution in [-0.2, 0) is 14.3 Å². The van der Waals surface area contributed by atoms with Crippen LogP contribution in [0.2, 0.25) is 0 Å². The molecule has 0 radical (unpaired) electrons. The third kappa shape index (κ3) is 3.64. The minimum absolute atomic E-state index is 0.0649. The van der Waals surface area contributed by atoms with Crippen molar-refractivity contribution in [1.82, 2.24) is 5.32 Å². The molecule has 2 atom stereocenters. The van der Waals surface area contributed by atoms with E-state index in [0.717, 1.165) is 25.1 Å². The Labute approximate surface area is 135 Å². The molecule has 1 aromatic carbocycles. The molecule has 2 aliphatic heterocycles. The summed E-state index contributed by atoms with van der Waals surface area (Å²) >= 11 is 0. The highest BCUT2D eigenvalue weighted by Crippen LogP contribution is 2.33. The number of fused-ring (bicyclic) bond motifs is 1. The number of carbonyl (C=O) groups excluding carboxylic acids is 2. The van der Waals surface area contributed by atoms with Crippen LogP contribution in [0.25, 0.3) is 0 Å². The number of hydrogen-bond donors (Lipinski definition) is 1. The van der Waals surface area contributed by atoms with Crippen molar-refractivity contribution in [2.24, 2.45) is 0 Å². The highest BCUT2D eigenvalue weighted by atomic mass is 16.5. The Balaban J connectivity index is 1.56. The molecule has 2 heterocycles. The lowest BCUT2D eigenvalue weighted by molar-refractivity contribution is -0.125. The van der Waals surface area contributed by atoms with Crippen LogP contribution in [0.15, 0.2) is 24.3 Å². The molecule has 3 rings (SSSR count). The molecule has 0 bridgehead atoms. The zero-order valence-corrected chi connectivity index (χ0v) is 13.3. The quantitative estimate of drug-likeness (QED) is 0.893. The summed E-state index contributed by atoms with van der Waals surface area (Å²) in [6.45, 7) is 3.39. The summed E-state index contributed by atoms with van der Waals surface area (Å²) in [6.07, 6.45) is 1.91. The number of hydrogen-bond acceptors (Lipinski definition) is 4. The number of carbonyl (C=O) groups is 2. The Hall–Kier alpha value is -2.08. The molecule has 0 spiro atoms. The Kier molecular flexibility index (Phi) is 4.81. The van der Waals surface area contributed by atoms with Gasteiger partial charge in [0.25, 0.3) is 5.91 Å². The fourth-order valence-corrected chi connectivity index (χ4v) is 2.92. The number of nitrogens with one attached hydrogen (secondary N) is 1. The lowest BCUT2D eigenvalue weighted by Crippen LogP contribution is -2.46. The molecule has 1 N–H and O–H groups in total. The Morgan fingerprint density at radius 2 is 2.22 bits per heavy atom. The normalized spacial score (nSPS) is 23.3. The molecular weight excluding hydrogens is 296 g/mol. The van der Waals surface area contributed by atoms with Gasteiger partial charge in [0.05, 0.1) is 11.8 Å². The predicted molar refractivity (Wildman–Crippen MR) is 85.5 cm³/mol. The van der Waals surface area contributed by atoms with Crippen molar-refractivity contribution < 1.29 is 19.1 Å². The van der Waals surface area contributed by atoms with Crippen LogP contribution in [0.4, 0.5) is 5.69 Å². The van der Waals surface area contributed by atoms with Crippen LogP contribution in [0.5, 0.6) is 5.75 Å². The van der Waals surface area contributed by atoms with Gasteiger partial charge in [-0.05, 0) is 31.9 Å². The van der Waals surface area contributed by atoms with Crippen molar-refractivity contribution in [3.05, 3.63) is 24.3 Å². The van der Waals surface area contributed by atoms with E-state index in [4.69, 9.17) is 9.47 Å². The summed E-state index contributed by atoms with van der Waals surface area (Å²) in [6, 6.07) is 7.40. The van der Waals surface area contributed by atoms with E-state index >= 15 is 0 Å². The highest BCUT2D eigenvalue weighted by Gasteiger charge is 2.31. The first-order chi connectivity index (χ1) is 11.1. The van der Waals surface area contributed by atoms with E-state index in [0.29, 0.717) is 18.8 Å². The Bertz CT molecular complexity index is 584. The van der Waals surface area contributed by atoms with E-state index in [1.165, 1.54) is 0 Å². The molecule has 1 saturated heterocycles. The molecule has 1 fully saturated rings. The first kappa shape index (κ1) is 15.8. The molecule has 0 aromatic heterocycles. The minimum Gasteiger partial charge on any atom is -0.479 e. The minimum atomic E-state index is -0.528. The van der Waals surface area contributed by atoms with Crippen molar-refractivity contribution in [2.45, 2.75) is 38.4 Å². The van der Waals surface area contributed by atoms with Gasteiger partial charge in [-0.15, -0.1) is 0 Å². The smallest absolute Gasteiger partial charge is 0.267 e. The van der Waals surface area contributed by atoms with Gasteiger partial charge in [-0.2, -0.15) is 0 Å². The third-order valence-electron chi connectivity index (χ3n) is 4.19. The monoisotopic (exact) mass is 318 g/mol. The summed E-state index contributed by atoms with van der Waals surface area (Å²) in [5.74, 6) is 0.500. The zero-order chi connectivity index (χ0) is 16.2. The molecule has 6 heteroatoms. The predicted octanol–water partition coefficient (Wildman–Crippen LogP) is 1.49. The Morgan fingerprint density at radius 1 is 1.39 bits per heavy atom. The van der Waals surface area contributed by atoms with Crippen LogP contribution in [-0.4, -0.2) is 43.7 Å². The first-order valence-corrected chi connectivity index (χ1v) is 8.10. The van der Waals surface area contributed by atoms with E-state index in [1.54, 1.807) is 11.8 Å². The molecule has 2 amide bonds. The van der Waals surface area contributed by atoms with Crippen LogP contribution in [0, 0.1) is 0 Å². The molecule has 6 nitrogen and oxygen atoms in total. The van der Waals surface area contributed by atoms with Gasteiger partial charge in [0.1, 0.15) is 5.75 Å². The molecule has 23 heavy (non-hydrogen) atoms. The van der Waals surface area contributed by atoms with Crippen molar-refractivity contribution in [3.8, 4) is 5.75 Å². The third-order valence-corrected chi connectivity index (χ3v) is 4.19. The van der Waals surface area contributed by atoms with Crippen LogP contribution < -0.4 is 15.0 Å². The zero-order valence-electron chi connectivity index (χ0n) is 13.3. The molecular formula is C17H22N2O4. The maximum Gasteiger partial charge on any atom is 0.267 e. The lowest BCUT2D eigenvalue weighted by Gasteiger charge is -2.32.